The van der Waals surface area contributed by atoms with E-state index >= 15 is 0 Å². The summed E-state index contributed by atoms with van der Waals surface area (Å²) in [5.74, 6) is 0.567. The van der Waals surface area contributed by atoms with Gasteiger partial charge in [0.05, 0.1) is 11.8 Å². The highest BCUT2D eigenvalue weighted by molar-refractivity contribution is 5.90. The molecule has 0 aromatic carbocycles. The second-order valence-corrected chi connectivity index (χ2v) is 9.69. The number of hydrogen-bond acceptors (Lipinski definition) is 3. The summed E-state index contributed by atoms with van der Waals surface area (Å²) >= 11 is 0. The summed E-state index contributed by atoms with van der Waals surface area (Å²) in [7, 11) is 0. The summed E-state index contributed by atoms with van der Waals surface area (Å²) in [6, 6.07) is 0.336. The number of piperidine rings is 1. The van der Waals surface area contributed by atoms with Crippen molar-refractivity contribution < 1.29 is 14.4 Å². The van der Waals surface area contributed by atoms with Gasteiger partial charge in [-0.2, -0.15) is 0 Å². The van der Waals surface area contributed by atoms with Crippen molar-refractivity contribution in [2.45, 2.75) is 51.5 Å². The highest BCUT2D eigenvalue weighted by Crippen LogP contribution is 2.50. The van der Waals surface area contributed by atoms with Gasteiger partial charge in [-0.05, 0) is 50.9 Å². The van der Waals surface area contributed by atoms with Gasteiger partial charge in [0, 0.05) is 44.1 Å². The van der Waals surface area contributed by atoms with Gasteiger partial charge in [0.15, 0.2) is 0 Å². The molecule has 2 saturated carbocycles. The van der Waals surface area contributed by atoms with Crippen LogP contribution in [0.15, 0.2) is 12.2 Å². The van der Waals surface area contributed by atoms with Crippen LogP contribution in [0.5, 0.6) is 0 Å². The zero-order valence-corrected chi connectivity index (χ0v) is 16.7. The van der Waals surface area contributed by atoms with Crippen molar-refractivity contribution in [2.24, 2.45) is 29.1 Å². The van der Waals surface area contributed by atoms with Crippen molar-refractivity contribution in [1.29, 1.82) is 0 Å². The highest BCUT2D eigenvalue weighted by atomic mass is 16.2. The molecule has 2 aliphatic heterocycles. The lowest BCUT2D eigenvalue weighted by Gasteiger charge is -2.41. The molecule has 2 bridgehead atoms. The molecular weight excluding hydrogens is 354 g/mol. The van der Waals surface area contributed by atoms with E-state index in [0.717, 1.165) is 58.3 Å². The van der Waals surface area contributed by atoms with Crippen molar-refractivity contribution in [3.05, 3.63) is 12.2 Å². The van der Waals surface area contributed by atoms with Gasteiger partial charge in [-0.15, -0.1) is 0 Å². The first-order valence-corrected chi connectivity index (χ1v) is 11.0. The van der Waals surface area contributed by atoms with E-state index in [1.807, 2.05) is 16.7 Å². The third-order valence-corrected chi connectivity index (χ3v) is 7.89. The molecule has 5 aliphatic rings. The summed E-state index contributed by atoms with van der Waals surface area (Å²) in [5.41, 5.74) is 0.0568. The molecule has 3 aliphatic carbocycles. The Hall–Kier alpha value is -1.85. The smallest absolute Gasteiger partial charge is 0.227 e. The standard InChI is InChI=1S/C22H31N3O3/c1-2-24-13-22(12-17(24)26)7-9-25(10-8-22)21(28)19-15-4-3-14(11-15)18(19)20(27)23-16-5-6-16/h3-4,14-16,18-19H,2,5-13H2,1H3,(H,23,27)/t14-,15+,18+,19+/m1/s1. The van der Waals surface area contributed by atoms with Crippen LogP contribution < -0.4 is 5.32 Å². The van der Waals surface area contributed by atoms with Gasteiger partial charge in [-0.25, -0.2) is 0 Å². The first-order chi connectivity index (χ1) is 13.5. The summed E-state index contributed by atoms with van der Waals surface area (Å²) < 4.78 is 0. The number of likely N-dealkylation sites (tertiary alicyclic amines) is 2. The van der Waals surface area contributed by atoms with Gasteiger partial charge >= 0.3 is 0 Å². The fourth-order valence-electron chi connectivity index (χ4n) is 6.06. The molecule has 2 saturated heterocycles. The lowest BCUT2D eigenvalue weighted by Crippen LogP contribution is -2.50. The normalized spacial score (nSPS) is 35.8. The lowest BCUT2D eigenvalue weighted by atomic mass is 9.76. The van der Waals surface area contributed by atoms with E-state index in [2.05, 4.69) is 17.5 Å². The molecule has 0 aromatic heterocycles. The van der Waals surface area contributed by atoms with Crippen LogP contribution in [-0.2, 0) is 14.4 Å². The number of carbonyl (C=O) groups is 3. The summed E-state index contributed by atoms with van der Waals surface area (Å²) in [6.45, 7) is 5.09. The SMILES string of the molecule is CCN1CC2(CCN(C(=O)[C@@H]3[C@@H](C(=O)NC4CC4)[C@@H]4C=C[C@H]3C4)CC2)CC1=O. The molecule has 6 heteroatoms. The van der Waals surface area contributed by atoms with Gasteiger partial charge in [0.25, 0.3) is 0 Å². The second kappa shape index (κ2) is 6.60. The molecule has 2 heterocycles. The Morgan fingerprint density at radius 3 is 2.43 bits per heavy atom. The topological polar surface area (TPSA) is 69.7 Å². The molecule has 0 radical (unpaired) electrons. The van der Waals surface area contributed by atoms with Gasteiger partial charge in [0.2, 0.25) is 17.7 Å². The average Bonchev–Trinajstić information content (AvgIpc) is 3.13. The molecule has 6 nitrogen and oxygen atoms in total. The Morgan fingerprint density at radius 2 is 1.82 bits per heavy atom. The van der Waals surface area contributed by atoms with Gasteiger partial charge in [0.1, 0.15) is 0 Å². The molecular formula is C22H31N3O3. The first-order valence-electron chi connectivity index (χ1n) is 11.0. The van der Waals surface area contributed by atoms with E-state index in [1.165, 1.54) is 0 Å². The maximum atomic E-state index is 13.4. The van der Waals surface area contributed by atoms with E-state index in [1.54, 1.807) is 0 Å². The van der Waals surface area contributed by atoms with E-state index < -0.39 is 0 Å². The molecule has 3 amide bonds. The largest absolute Gasteiger partial charge is 0.353 e. The lowest BCUT2D eigenvalue weighted by molar-refractivity contribution is -0.144. The molecule has 0 unspecified atom stereocenters. The van der Waals surface area contributed by atoms with Crippen molar-refractivity contribution >= 4 is 17.7 Å². The van der Waals surface area contributed by atoms with Gasteiger partial charge < -0.3 is 15.1 Å². The van der Waals surface area contributed by atoms with Gasteiger partial charge in [-0.1, -0.05) is 12.2 Å². The van der Waals surface area contributed by atoms with E-state index in [4.69, 9.17) is 0 Å². The van der Waals surface area contributed by atoms with E-state index in [-0.39, 0.29) is 46.8 Å². The summed E-state index contributed by atoms with van der Waals surface area (Å²) in [6.07, 6.45) is 9.83. The van der Waals surface area contributed by atoms with Crippen LogP contribution >= 0.6 is 0 Å². The second-order valence-electron chi connectivity index (χ2n) is 9.69. The van der Waals surface area contributed by atoms with Crippen molar-refractivity contribution in [2.75, 3.05) is 26.2 Å². The number of rotatable bonds is 4. The maximum Gasteiger partial charge on any atom is 0.227 e. The third-order valence-electron chi connectivity index (χ3n) is 7.89. The maximum absolute atomic E-state index is 13.4. The third kappa shape index (κ3) is 2.96. The molecule has 1 N–H and O–H groups in total. The van der Waals surface area contributed by atoms with E-state index in [9.17, 15) is 14.4 Å². The molecule has 4 atom stereocenters. The zero-order chi connectivity index (χ0) is 19.5. The number of allylic oxidation sites excluding steroid dienone is 2. The average molecular weight is 386 g/mol. The minimum Gasteiger partial charge on any atom is -0.353 e. The van der Waals surface area contributed by atoms with E-state index in [0.29, 0.717) is 12.5 Å². The van der Waals surface area contributed by atoms with Crippen LogP contribution in [0.25, 0.3) is 0 Å². The fourth-order valence-corrected chi connectivity index (χ4v) is 6.06. The fraction of sp³-hybridized carbons (Fsp3) is 0.773. The van der Waals surface area contributed by atoms with Gasteiger partial charge in [-0.3, -0.25) is 14.4 Å². The Kier molecular flexibility index (Phi) is 4.29. The molecule has 1 spiro atoms. The number of carbonyl (C=O) groups excluding carboxylic acids is 3. The Labute approximate surface area is 166 Å². The quantitative estimate of drug-likeness (QED) is 0.747. The Morgan fingerprint density at radius 1 is 1.14 bits per heavy atom. The minimum absolute atomic E-state index is 0.0568. The van der Waals surface area contributed by atoms with Crippen LogP contribution in [0.2, 0.25) is 0 Å². The molecule has 4 fully saturated rings. The zero-order valence-electron chi connectivity index (χ0n) is 16.7. The number of fused-ring (bicyclic) bond motifs is 2. The summed E-state index contributed by atoms with van der Waals surface area (Å²) in [5, 5.41) is 3.14. The monoisotopic (exact) mass is 385 g/mol. The minimum atomic E-state index is -0.194. The number of amides is 3. The Bertz CT molecular complexity index is 721. The van der Waals surface area contributed by atoms with Crippen LogP contribution in [0, 0.1) is 29.1 Å². The number of nitrogens with one attached hydrogen (secondary N) is 1. The van der Waals surface area contributed by atoms with Crippen LogP contribution in [0.3, 0.4) is 0 Å². The summed E-state index contributed by atoms with van der Waals surface area (Å²) in [4.78, 5) is 42.4. The predicted octanol–water partition coefficient (Wildman–Crippen LogP) is 1.56. The van der Waals surface area contributed by atoms with Crippen molar-refractivity contribution in [1.82, 2.24) is 15.1 Å². The predicted molar refractivity (Wildman–Crippen MR) is 104 cm³/mol. The van der Waals surface area contributed by atoms with Crippen LogP contribution in [0.1, 0.15) is 45.4 Å². The molecule has 0 aromatic rings. The number of hydrogen-bond donors (Lipinski definition) is 1. The highest BCUT2D eigenvalue weighted by Gasteiger charge is 2.54. The molecule has 152 valence electrons. The van der Waals surface area contributed by atoms with Crippen molar-refractivity contribution in [3.8, 4) is 0 Å². The van der Waals surface area contributed by atoms with Crippen LogP contribution in [0.4, 0.5) is 0 Å². The Balaban J connectivity index is 1.25. The van der Waals surface area contributed by atoms with Crippen LogP contribution in [-0.4, -0.2) is 59.7 Å². The first kappa shape index (κ1) is 18.2. The van der Waals surface area contributed by atoms with Crippen molar-refractivity contribution in [3.63, 3.8) is 0 Å². The molecule has 5 rings (SSSR count). The molecule has 28 heavy (non-hydrogen) atoms. The number of nitrogens with zero attached hydrogens (tertiary/aromatic N) is 2.